The van der Waals surface area contributed by atoms with Crippen molar-refractivity contribution in [2.75, 3.05) is 33.7 Å². The molecule has 0 amide bonds. The van der Waals surface area contributed by atoms with E-state index in [0.29, 0.717) is 5.41 Å². The van der Waals surface area contributed by atoms with Crippen LogP contribution in [0.2, 0.25) is 0 Å². The number of fused-ring (bicyclic) bond motifs is 2. The number of hydrogen-bond acceptors (Lipinski definition) is 2. The Bertz CT molecular complexity index is 332. The number of nitrogens with one attached hydrogen (secondary N) is 1. The first-order chi connectivity index (χ1) is 10.1. The SMILES string of the molecule is CNCC1(CN(C)CC2CC3CCC2C3)CCC(C)CC1. The third-order valence-electron chi connectivity index (χ3n) is 6.92. The molecule has 1 N–H and O–H groups in total. The predicted octanol–water partition coefficient (Wildman–Crippen LogP) is 3.77. The minimum Gasteiger partial charge on any atom is -0.319 e. The van der Waals surface area contributed by atoms with E-state index in [0.717, 1.165) is 23.7 Å². The Morgan fingerprint density at radius 2 is 1.86 bits per heavy atom. The van der Waals surface area contributed by atoms with Crippen molar-refractivity contribution in [1.82, 2.24) is 10.2 Å². The largest absolute Gasteiger partial charge is 0.319 e. The number of hydrogen-bond donors (Lipinski definition) is 1. The Morgan fingerprint density at radius 3 is 2.43 bits per heavy atom. The first-order valence-electron chi connectivity index (χ1n) is 9.43. The highest BCUT2D eigenvalue weighted by molar-refractivity contribution is 4.93. The fourth-order valence-electron chi connectivity index (χ4n) is 5.78. The third kappa shape index (κ3) is 3.64. The van der Waals surface area contributed by atoms with Gasteiger partial charge in [-0.25, -0.2) is 0 Å². The molecule has 0 aromatic carbocycles. The van der Waals surface area contributed by atoms with Crippen molar-refractivity contribution in [1.29, 1.82) is 0 Å². The smallest absolute Gasteiger partial charge is 0.00472 e. The van der Waals surface area contributed by atoms with Crippen molar-refractivity contribution >= 4 is 0 Å². The summed E-state index contributed by atoms with van der Waals surface area (Å²) in [5.74, 6) is 4.13. The molecule has 3 saturated carbocycles. The van der Waals surface area contributed by atoms with Gasteiger partial charge in [0.15, 0.2) is 0 Å². The van der Waals surface area contributed by atoms with Crippen LogP contribution in [0.3, 0.4) is 0 Å². The molecule has 3 unspecified atom stereocenters. The molecule has 0 spiro atoms. The molecule has 21 heavy (non-hydrogen) atoms. The van der Waals surface area contributed by atoms with Crippen LogP contribution < -0.4 is 5.32 Å². The van der Waals surface area contributed by atoms with Crippen LogP contribution in [0.4, 0.5) is 0 Å². The van der Waals surface area contributed by atoms with E-state index in [9.17, 15) is 0 Å². The van der Waals surface area contributed by atoms with Gasteiger partial charge in [0.25, 0.3) is 0 Å². The van der Waals surface area contributed by atoms with Gasteiger partial charge < -0.3 is 10.2 Å². The van der Waals surface area contributed by atoms with Crippen LogP contribution in [-0.2, 0) is 0 Å². The van der Waals surface area contributed by atoms with Crippen molar-refractivity contribution in [2.45, 2.75) is 58.3 Å². The summed E-state index contributed by atoms with van der Waals surface area (Å²) >= 11 is 0. The average Bonchev–Trinajstić information content (AvgIpc) is 3.05. The summed E-state index contributed by atoms with van der Waals surface area (Å²) in [6, 6.07) is 0. The van der Waals surface area contributed by atoms with Gasteiger partial charge in [0.05, 0.1) is 0 Å². The maximum absolute atomic E-state index is 3.49. The van der Waals surface area contributed by atoms with Crippen LogP contribution in [-0.4, -0.2) is 38.6 Å². The number of rotatable bonds is 6. The van der Waals surface area contributed by atoms with Gasteiger partial charge >= 0.3 is 0 Å². The van der Waals surface area contributed by atoms with Crippen molar-refractivity contribution < 1.29 is 0 Å². The molecule has 0 aliphatic heterocycles. The molecule has 0 saturated heterocycles. The summed E-state index contributed by atoms with van der Waals surface area (Å²) in [5, 5.41) is 3.49. The molecule has 2 bridgehead atoms. The molecule has 3 aliphatic carbocycles. The summed E-state index contributed by atoms with van der Waals surface area (Å²) in [6.45, 7) is 6.32. The van der Waals surface area contributed by atoms with E-state index in [1.165, 1.54) is 64.6 Å². The van der Waals surface area contributed by atoms with Gasteiger partial charge in [-0.15, -0.1) is 0 Å². The highest BCUT2D eigenvalue weighted by atomic mass is 15.1. The molecule has 0 aromatic rings. The maximum Gasteiger partial charge on any atom is 0.00472 e. The zero-order chi connectivity index (χ0) is 14.9. The highest BCUT2D eigenvalue weighted by Crippen LogP contribution is 2.48. The maximum atomic E-state index is 3.49. The van der Waals surface area contributed by atoms with E-state index in [1.807, 2.05) is 0 Å². The van der Waals surface area contributed by atoms with Crippen LogP contribution >= 0.6 is 0 Å². The monoisotopic (exact) mass is 292 g/mol. The average molecular weight is 293 g/mol. The minimum absolute atomic E-state index is 0.549. The molecular formula is C19H36N2. The van der Waals surface area contributed by atoms with Crippen molar-refractivity contribution in [3.05, 3.63) is 0 Å². The first-order valence-corrected chi connectivity index (χ1v) is 9.43. The molecule has 2 nitrogen and oxygen atoms in total. The van der Waals surface area contributed by atoms with E-state index in [-0.39, 0.29) is 0 Å². The second-order valence-electron chi connectivity index (χ2n) is 8.84. The van der Waals surface area contributed by atoms with Gasteiger partial charge in [-0.3, -0.25) is 0 Å². The molecular weight excluding hydrogens is 256 g/mol. The first kappa shape index (κ1) is 15.8. The lowest BCUT2D eigenvalue weighted by Crippen LogP contribution is -2.45. The Balaban J connectivity index is 1.52. The Hall–Kier alpha value is -0.0800. The Morgan fingerprint density at radius 1 is 1.10 bits per heavy atom. The molecule has 3 rings (SSSR count). The molecule has 2 heteroatoms. The normalized spacial score (nSPS) is 42.9. The van der Waals surface area contributed by atoms with E-state index in [1.54, 1.807) is 6.42 Å². The molecule has 3 fully saturated rings. The van der Waals surface area contributed by atoms with E-state index >= 15 is 0 Å². The van der Waals surface area contributed by atoms with Gasteiger partial charge in [0, 0.05) is 19.6 Å². The summed E-state index contributed by atoms with van der Waals surface area (Å²) < 4.78 is 0. The third-order valence-corrected chi connectivity index (χ3v) is 6.92. The topological polar surface area (TPSA) is 15.3 Å². The van der Waals surface area contributed by atoms with E-state index in [2.05, 4.69) is 31.2 Å². The molecule has 0 heterocycles. The fourth-order valence-corrected chi connectivity index (χ4v) is 5.78. The Labute approximate surface area is 132 Å². The standard InChI is InChI=1S/C19H36N2/c1-15-6-8-19(9-7-15,13-20-2)14-21(3)12-18-11-16-4-5-17(18)10-16/h15-18,20H,4-14H2,1-3H3. The van der Waals surface area contributed by atoms with Gasteiger partial charge in [-0.05, 0) is 75.3 Å². The molecule has 3 aliphatic rings. The minimum atomic E-state index is 0.549. The van der Waals surface area contributed by atoms with Crippen molar-refractivity contribution in [2.24, 2.45) is 29.1 Å². The lowest BCUT2D eigenvalue weighted by atomic mass is 9.70. The van der Waals surface area contributed by atoms with Crippen molar-refractivity contribution in [3.8, 4) is 0 Å². The number of nitrogens with zero attached hydrogens (tertiary/aromatic N) is 1. The van der Waals surface area contributed by atoms with Crippen molar-refractivity contribution in [3.63, 3.8) is 0 Å². The van der Waals surface area contributed by atoms with E-state index < -0.39 is 0 Å². The van der Waals surface area contributed by atoms with Gasteiger partial charge in [0.1, 0.15) is 0 Å². The van der Waals surface area contributed by atoms with Gasteiger partial charge in [-0.2, -0.15) is 0 Å². The highest BCUT2D eigenvalue weighted by Gasteiger charge is 2.41. The quantitative estimate of drug-likeness (QED) is 0.801. The van der Waals surface area contributed by atoms with Crippen LogP contribution in [0.25, 0.3) is 0 Å². The lowest BCUT2D eigenvalue weighted by Gasteiger charge is -2.43. The zero-order valence-corrected chi connectivity index (χ0v) is 14.5. The van der Waals surface area contributed by atoms with Crippen LogP contribution in [0, 0.1) is 29.1 Å². The lowest BCUT2D eigenvalue weighted by molar-refractivity contribution is 0.0870. The van der Waals surface area contributed by atoms with Gasteiger partial charge in [0.2, 0.25) is 0 Å². The summed E-state index contributed by atoms with van der Waals surface area (Å²) in [6.07, 6.45) is 11.9. The molecule has 3 atom stereocenters. The molecule has 0 radical (unpaired) electrons. The Kier molecular flexibility index (Phi) is 4.95. The summed E-state index contributed by atoms with van der Waals surface area (Å²) in [5.41, 5.74) is 0.549. The summed E-state index contributed by atoms with van der Waals surface area (Å²) in [4.78, 5) is 2.69. The fraction of sp³-hybridized carbons (Fsp3) is 1.00. The summed E-state index contributed by atoms with van der Waals surface area (Å²) in [7, 11) is 4.52. The van der Waals surface area contributed by atoms with Gasteiger partial charge in [-0.1, -0.05) is 26.2 Å². The van der Waals surface area contributed by atoms with Crippen LogP contribution in [0.1, 0.15) is 58.3 Å². The second kappa shape index (κ2) is 6.58. The van der Waals surface area contributed by atoms with Crippen LogP contribution in [0.5, 0.6) is 0 Å². The molecule has 0 aromatic heterocycles. The predicted molar refractivity (Wildman–Crippen MR) is 90.4 cm³/mol. The zero-order valence-electron chi connectivity index (χ0n) is 14.5. The molecule has 122 valence electrons. The van der Waals surface area contributed by atoms with Crippen LogP contribution in [0.15, 0.2) is 0 Å². The van der Waals surface area contributed by atoms with E-state index in [4.69, 9.17) is 0 Å². The second-order valence-corrected chi connectivity index (χ2v) is 8.84.